The topological polar surface area (TPSA) is 36.0 Å². The molecule has 5 nitrogen and oxygen atoms in total. The smallest absolute Gasteiger partial charge is 0.244 e. The molecule has 0 spiro atoms. The van der Waals surface area contributed by atoms with Gasteiger partial charge in [-0.2, -0.15) is 0 Å². The summed E-state index contributed by atoms with van der Waals surface area (Å²) < 4.78 is 19.3. The molecule has 1 amide bonds. The molecule has 0 aliphatic carbocycles. The molecule has 2 heterocycles. The second-order valence-corrected chi connectivity index (χ2v) is 6.98. The molecule has 1 aromatic rings. The third-order valence-corrected chi connectivity index (χ3v) is 5.37. The molecule has 3 rings (SSSR count). The lowest BCUT2D eigenvalue weighted by atomic mass is 10.0. The maximum atomic E-state index is 14.1. The SMILES string of the molecule is COC[C@H](C)N1CCN([C@H]2CCCN(c3ccccc3F)C2=O)CC1. The summed E-state index contributed by atoms with van der Waals surface area (Å²) in [6, 6.07) is 6.82. The lowest BCUT2D eigenvalue weighted by Crippen LogP contribution is -2.59. The van der Waals surface area contributed by atoms with Crippen molar-refractivity contribution in [2.75, 3.05) is 51.3 Å². The van der Waals surface area contributed by atoms with E-state index >= 15 is 0 Å². The van der Waals surface area contributed by atoms with E-state index in [1.165, 1.54) is 6.07 Å². The summed E-state index contributed by atoms with van der Waals surface area (Å²) in [5.41, 5.74) is 0.407. The van der Waals surface area contributed by atoms with Gasteiger partial charge in [0.15, 0.2) is 0 Å². The summed E-state index contributed by atoms with van der Waals surface area (Å²) in [6.07, 6.45) is 1.77. The highest BCUT2D eigenvalue weighted by Crippen LogP contribution is 2.26. The number of benzene rings is 1. The van der Waals surface area contributed by atoms with Gasteiger partial charge >= 0.3 is 0 Å². The number of methoxy groups -OCH3 is 1. The van der Waals surface area contributed by atoms with Crippen LogP contribution in [0.15, 0.2) is 24.3 Å². The van der Waals surface area contributed by atoms with Gasteiger partial charge in [-0.15, -0.1) is 0 Å². The van der Waals surface area contributed by atoms with Gasteiger partial charge < -0.3 is 9.64 Å². The molecular formula is C19H28FN3O2. The Morgan fingerprint density at radius 1 is 1.20 bits per heavy atom. The van der Waals surface area contributed by atoms with E-state index < -0.39 is 0 Å². The van der Waals surface area contributed by atoms with E-state index in [1.807, 2.05) is 0 Å². The van der Waals surface area contributed by atoms with Crippen LogP contribution in [0.4, 0.5) is 10.1 Å². The maximum absolute atomic E-state index is 14.1. The Balaban J connectivity index is 1.64. The van der Waals surface area contributed by atoms with Gasteiger partial charge in [0.05, 0.1) is 18.3 Å². The zero-order chi connectivity index (χ0) is 17.8. The molecule has 0 saturated carbocycles. The summed E-state index contributed by atoms with van der Waals surface area (Å²) in [5, 5.41) is 0. The Hall–Kier alpha value is -1.50. The van der Waals surface area contributed by atoms with E-state index in [1.54, 1.807) is 30.2 Å². The molecule has 2 aliphatic heterocycles. The largest absolute Gasteiger partial charge is 0.383 e. The first-order chi connectivity index (χ1) is 12.1. The Bertz CT molecular complexity index is 590. The first-order valence-corrected chi connectivity index (χ1v) is 9.14. The van der Waals surface area contributed by atoms with E-state index in [4.69, 9.17) is 4.74 Å². The van der Waals surface area contributed by atoms with Crippen molar-refractivity contribution in [2.24, 2.45) is 0 Å². The summed E-state index contributed by atoms with van der Waals surface area (Å²) in [5.74, 6) is -0.288. The van der Waals surface area contributed by atoms with Gasteiger partial charge in [0.2, 0.25) is 5.91 Å². The number of ether oxygens (including phenoxy) is 1. The third-order valence-electron chi connectivity index (χ3n) is 5.37. The van der Waals surface area contributed by atoms with Crippen LogP contribution in [-0.4, -0.2) is 74.2 Å². The van der Waals surface area contributed by atoms with Gasteiger partial charge in [-0.3, -0.25) is 14.6 Å². The van der Waals surface area contributed by atoms with Crippen molar-refractivity contribution in [1.82, 2.24) is 9.80 Å². The molecule has 0 radical (unpaired) electrons. The monoisotopic (exact) mass is 349 g/mol. The van der Waals surface area contributed by atoms with Gasteiger partial charge in [0, 0.05) is 45.9 Å². The molecule has 2 aliphatic rings. The second kappa shape index (κ2) is 8.25. The van der Waals surface area contributed by atoms with Crippen LogP contribution >= 0.6 is 0 Å². The van der Waals surface area contributed by atoms with E-state index in [2.05, 4.69) is 16.7 Å². The second-order valence-electron chi connectivity index (χ2n) is 6.98. The number of carbonyl (C=O) groups is 1. The van der Waals surface area contributed by atoms with Crippen LogP contribution in [0.5, 0.6) is 0 Å². The van der Waals surface area contributed by atoms with Crippen molar-refractivity contribution in [3.8, 4) is 0 Å². The quantitative estimate of drug-likeness (QED) is 0.814. The first-order valence-electron chi connectivity index (χ1n) is 9.14. The molecule has 6 heteroatoms. The number of piperidine rings is 1. The first kappa shape index (κ1) is 18.3. The van der Waals surface area contributed by atoms with E-state index in [9.17, 15) is 9.18 Å². The van der Waals surface area contributed by atoms with E-state index in [0.29, 0.717) is 18.3 Å². The predicted octanol–water partition coefficient (Wildman–Crippen LogP) is 1.97. The van der Waals surface area contributed by atoms with Crippen LogP contribution in [0.1, 0.15) is 19.8 Å². The van der Waals surface area contributed by atoms with Crippen molar-refractivity contribution < 1.29 is 13.9 Å². The normalized spacial score (nSPS) is 24.5. The van der Waals surface area contributed by atoms with Crippen LogP contribution in [-0.2, 0) is 9.53 Å². The number of hydrogen-bond donors (Lipinski definition) is 0. The number of halogens is 1. The van der Waals surface area contributed by atoms with Crippen LogP contribution in [0, 0.1) is 5.82 Å². The molecule has 0 bridgehead atoms. The Morgan fingerprint density at radius 3 is 2.60 bits per heavy atom. The van der Waals surface area contributed by atoms with Crippen molar-refractivity contribution in [3.63, 3.8) is 0 Å². The number of para-hydroxylation sites is 1. The van der Waals surface area contributed by atoms with Crippen molar-refractivity contribution in [2.45, 2.75) is 31.8 Å². The fourth-order valence-corrected chi connectivity index (χ4v) is 3.94. The molecule has 0 N–H and O–H groups in total. The molecule has 0 aromatic heterocycles. The number of rotatable bonds is 5. The van der Waals surface area contributed by atoms with Gasteiger partial charge in [-0.05, 0) is 31.9 Å². The Morgan fingerprint density at radius 2 is 1.92 bits per heavy atom. The predicted molar refractivity (Wildman–Crippen MR) is 96.3 cm³/mol. The molecular weight excluding hydrogens is 321 g/mol. The Labute approximate surface area is 149 Å². The van der Waals surface area contributed by atoms with E-state index in [-0.39, 0.29) is 17.8 Å². The lowest BCUT2D eigenvalue weighted by Gasteiger charge is -2.43. The number of amides is 1. The molecule has 2 fully saturated rings. The molecule has 138 valence electrons. The lowest BCUT2D eigenvalue weighted by molar-refractivity contribution is -0.126. The van der Waals surface area contributed by atoms with Crippen molar-refractivity contribution in [1.29, 1.82) is 0 Å². The summed E-state index contributed by atoms with van der Waals surface area (Å²) in [7, 11) is 1.73. The highest BCUT2D eigenvalue weighted by Gasteiger charge is 2.36. The Kier molecular flexibility index (Phi) is 6.04. The summed E-state index contributed by atoms with van der Waals surface area (Å²) in [6.45, 7) is 7.11. The highest BCUT2D eigenvalue weighted by molar-refractivity contribution is 5.98. The molecule has 1 aromatic carbocycles. The average molecular weight is 349 g/mol. The average Bonchev–Trinajstić information content (AvgIpc) is 2.63. The maximum Gasteiger partial charge on any atom is 0.244 e. The third kappa shape index (κ3) is 4.02. The molecule has 25 heavy (non-hydrogen) atoms. The number of carbonyl (C=O) groups excluding carboxylic acids is 1. The number of anilines is 1. The fraction of sp³-hybridized carbons (Fsp3) is 0.632. The zero-order valence-corrected chi connectivity index (χ0v) is 15.2. The van der Waals surface area contributed by atoms with Crippen LogP contribution < -0.4 is 4.90 Å². The molecule has 0 unspecified atom stereocenters. The van der Waals surface area contributed by atoms with Gasteiger partial charge in [-0.25, -0.2) is 4.39 Å². The molecule has 2 saturated heterocycles. The van der Waals surface area contributed by atoms with E-state index in [0.717, 1.165) is 45.6 Å². The highest BCUT2D eigenvalue weighted by atomic mass is 19.1. The minimum atomic E-state index is -0.324. The van der Waals surface area contributed by atoms with Gasteiger partial charge in [0.25, 0.3) is 0 Å². The minimum absolute atomic E-state index is 0.0368. The van der Waals surface area contributed by atoms with Crippen LogP contribution in [0.2, 0.25) is 0 Å². The van der Waals surface area contributed by atoms with Crippen LogP contribution in [0.25, 0.3) is 0 Å². The molecule has 2 atom stereocenters. The van der Waals surface area contributed by atoms with Crippen molar-refractivity contribution >= 4 is 11.6 Å². The standard InChI is InChI=1S/C19H28FN3O2/c1-15(14-25-2)21-10-12-22(13-11-21)18-8-5-9-23(19(18)24)17-7-4-3-6-16(17)20/h3-4,6-7,15,18H,5,8-14H2,1-2H3/t15-,18-/m0/s1. The van der Waals surface area contributed by atoms with Gasteiger partial charge in [0.1, 0.15) is 5.82 Å². The summed E-state index contributed by atoms with van der Waals surface area (Å²) >= 11 is 0. The van der Waals surface area contributed by atoms with Crippen LogP contribution in [0.3, 0.4) is 0 Å². The fourth-order valence-electron chi connectivity index (χ4n) is 3.94. The number of nitrogens with zero attached hydrogens (tertiary/aromatic N) is 3. The number of piperazine rings is 1. The number of hydrogen-bond acceptors (Lipinski definition) is 4. The zero-order valence-electron chi connectivity index (χ0n) is 15.2. The van der Waals surface area contributed by atoms with Crippen molar-refractivity contribution in [3.05, 3.63) is 30.1 Å². The van der Waals surface area contributed by atoms with Gasteiger partial charge in [-0.1, -0.05) is 12.1 Å². The summed E-state index contributed by atoms with van der Waals surface area (Å²) in [4.78, 5) is 19.3. The minimum Gasteiger partial charge on any atom is -0.383 e.